The van der Waals surface area contributed by atoms with Crippen molar-refractivity contribution in [2.75, 3.05) is 13.1 Å². The van der Waals surface area contributed by atoms with Crippen LogP contribution in [0.25, 0.3) is 0 Å². The maximum absolute atomic E-state index is 12.2. The molecule has 0 aliphatic rings. The third-order valence-electron chi connectivity index (χ3n) is 3.03. The van der Waals surface area contributed by atoms with Crippen LogP contribution in [0.15, 0.2) is 24.3 Å². The summed E-state index contributed by atoms with van der Waals surface area (Å²) in [5.41, 5.74) is 1.07. The van der Waals surface area contributed by atoms with E-state index in [1.165, 1.54) is 0 Å². The van der Waals surface area contributed by atoms with E-state index in [0.717, 1.165) is 12.1 Å². The Morgan fingerprint density at radius 1 is 1.42 bits per heavy atom. The minimum Gasteiger partial charge on any atom is -0.339 e. The van der Waals surface area contributed by atoms with Gasteiger partial charge in [-0.25, -0.2) is 0 Å². The molecule has 3 nitrogen and oxygen atoms in total. The molecular formula is C15H23ClN2O. The minimum atomic E-state index is 0.177. The zero-order valence-electron chi connectivity index (χ0n) is 11.9. The molecular weight excluding hydrogens is 260 g/mol. The summed E-state index contributed by atoms with van der Waals surface area (Å²) in [4.78, 5) is 14.1. The number of halogens is 1. The van der Waals surface area contributed by atoms with E-state index < -0.39 is 0 Å². The fourth-order valence-electron chi connectivity index (χ4n) is 2.04. The summed E-state index contributed by atoms with van der Waals surface area (Å²) in [7, 11) is 0. The summed E-state index contributed by atoms with van der Waals surface area (Å²) in [5, 5.41) is 3.97. The van der Waals surface area contributed by atoms with Crippen LogP contribution in [-0.2, 0) is 11.3 Å². The van der Waals surface area contributed by atoms with Gasteiger partial charge in [-0.05, 0) is 38.1 Å². The summed E-state index contributed by atoms with van der Waals surface area (Å²) in [5.74, 6) is 0.177. The maximum Gasteiger partial charge on any atom is 0.224 e. The summed E-state index contributed by atoms with van der Waals surface area (Å²) < 4.78 is 0. The number of carbonyl (C=O) groups excluding carboxylic acids is 1. The van der Waals surface area contributed by atoms with Crippen molar-refractivity contribution >= 4 is 17.5 Å². The first kappa shape index (κ1) is 16.0. The molecule has 0 bridgehead atoms. The molecule has 0 saturated heterocycles. The Bertz CT molecular complexity index is 409. The molecule has 4 heteroatoms. The first-order valence-corrected chi connectivity index (χ1v) is 7.20. The molecule has 1 N–H and O–H groups in total. The average Bonchev–Trinajstić information content (AvgIpc) is 2.36. The van der Waals surface area contributed by atoms with Gasteiger partial charge in [0.15, 0.2) is 0 Å². The van der Waals surface area contributed by atoms with Gasteiger partial charge in [0, 0.05) is 30.6 Å². The molecule has 1 aromatic carbocycles. The van der Waals surface area contributed by atoms with Gasteiger partial charge >= 0.3 is 0 Å². The van der Waals surface area contributed by atoms with Crippen LogP contribution >= 0.6 is 11.6 Å². The molecule has 0 aromatic heterocycles. The Morgan fingerprint density at radius 2 is 2.16 bits per heavy atom. The van der Waals surface area contributed by atoms with Gasteiger partial charge in [-0.15, -0.1) is 0 Å². The SMILES string of the molecule is CCNC(C)CC(=O)N(CC)Cc1cccc(Cl)c1. The molecule has 0 radical (unpaired) electrons. The van der Waals surface area contributed by atoms with E-state index in [2.05, 4.69) is 5.32 Å². The van der Waals surface area contributed by atoms with Crippen molar-refractivity contribution in [2.24, 2.45) is 0 Å². The Kier molecular flexibility index (Phi) is 6.89. The summed E-state index contributed by atoms with van der Waals surface area (Å²) in [6, 6.07) is 7.87. The Balaban J connectivity index is 2.60. The van der Waals surface area contributed by atoms with Crippen LogP contribution in [0.1, 0.15) is 32.8 Å². The zero-order chi connectivity index (χ0) is 14.3. The molecule has 0 aliphatic carbocycles. The summed E-state index contributed by atoms with van der Waals surface area (Å²) >= 11 is 5.96. The largest absolute Gasteiger partial charge is 0.339 e. The third-order valence-corrected chi connectivity index (χ3v) is 3.27. The minimum absolute atomic E-state index is 0.177. The molecule has 19 heavy (non-hydrogen) atoms. The third kappa shape index (κ3) is 5.62. The molecule has 0 heterocycles. The topological polar surface area (TPSA) is 32.3 Å². The number of nitrogens with zero attached hydrogens (tertiary/aromatic N) is 1. The van der Waals surface area contributed by atoms with Gasteiger partial charge in [-0.1, -0.05) is 30.7 Å². The van der Waals surface area contributed by atoms with Crippen molar-refractivity contribution in [1.29, 1.82) is 0 Å². The fraction of sp³-hybridized carbons (Fsp3) is 0.533. The molecule has 1 unspecified atom stereocenters. The van der Waals surface area contributed by atoms with Crippen LogP contribution in [0.5, 0.6) is 0 Å². The smallest absolute Gasteiger partial charge is 0.224 e. The number of carbonyl (C=O) groups is 1. The van der Waals surface area contributed by atoms with Gasteiger partial charge in [-0.2, -0.15) is 0 Å². The summed E-state index contributed by atoms with van der Waals surface area (Å²) in [6.45, 7) is 8.30. The molecule has 0 saturated carbocycles. The Hall–Kier alpha value is -1.06. The van der Waals surface area contributed by atoms with E-state index in [9.17, 15) is 4.79 Å². The van der Waals surface area contributed by atoms with E-state index in [-0.39, 0.29) is 11.9 Å². The number of hydrogen-bond donors (Lipinski definition) is 1. The van der Waals surface area contributed by atoms with Crippen molar-refractivity contribution in [3.8, 4) is 0 Å². The van der Waals surface area contributed by atoms with Crippen molar-refractivity contribution in [1.82, 2.24) is 10.2 Å². The van der Waals surface area contributed by atoms with Crippen molar-refractivity contribution < 1.29 is 4.79 Å². The van der Waals surface area contributed by atoms with Gasteiger partial charge in [0.1, 0.15) is 0 Å². The molecule has 1 aromatic rings. The van der Waals surface area contributed by atoms with Crippen LogP contribution in [0.4, 0.5) is 0 Å². The molecule has 0 fully saturated rings. The Morgan fingerprint density at radius 3 is 2.74 bits per heavy atom. The lowest BCUT2D eigenvalue weighted by molar-refractivity contribution is -0.132. The van der Waals surface area contributed by atoms with Gasteiger partial charge in [0.25, 0.3) is 0 Å². The van der Waals surface area contributed by atoms with Gasteiger partial charge in [0.05, 0.1) is 0 Å². The number of benzene rings is 1. The van der Waals surface area contributed by atoms with Crippen LogP contribution < -0.4 is 5.32 Å². The summed E-state index contributed by atoms with van der Waals surface area (Å²) in [6.07, 6.45) is 0.530. The van der Waals surface area contributed by atoms with Crippen molar-refractivity contribution in [3.05, 3.63) is 34.9 Å². The molecule has 0 spiro atoms. The molecule has 1 atom stereocenters. The number of hydrogen-bond acceptors (Lipinski definition) is 2. The van der Waals surface area contributed by atoms with Crippen LogP contribution in [0.2, 0.25) is 5.02 Å². The van der Waals surface area contributed by atoms with E-state index in [0.29, 0.717) is 24.5 Å². The van der Waals surface area contributed by atoms with E-state index in [1.54, 1.807) is 0 Å². The van der Waals surface area contributed by atoms with Gasteiger partial charge < -0.3 is 10.2 Å². The number of rotatable bonds is 7. The van der Waals surface area contributed by atoms with E-state index in [1.807, 2.05) is 49.9 Å². The first-order chi connectivity index (χ1) is 9.06. The first-order valence-electron chi connectivity index (χ1n) is 6.82. The molecule has 0 aliphatic heterocycles. The predicted octanol–water partition coefficient (Wildman–Crippen LogP) is 3.08. The monoisotopic (exact) mass is 282 g/mol. The second-order valence-electron chi connectivity index (χ2n) is 4.70. The van der Waals surface area contributed by atoms with E-state index >= 15 is 0 Å². The standard InChI is InChI=1S/C15H23ClN2O/c1-4-17-12(3)9-15(19)18(5-2)11-13-7-6-8-14(16)10-13/h6-8,10,12,17H,4-5,9,11H2,1-3H3. The quantitative estimate of drug-likeness (QED) is 0.834. The predicted molar refractivity (Wildman–Crippen MR) is 80.3 cm³/mol. The van der Waals surface area contributed by atoms with Gasteiger partial charge in [-0.3, -0.25) is 4.79 Å². The zero-order valence-corrected chi connectivity index (χ0v) is 12.7. The molecule has 1 rings (SSSR count). The van der Waals surface area contributed by atoms with Crippen molar-refractivity contribution in [2.45, 2.75) is 39.8 Å². The second-order valence-corrected chi connectivity index (χ2v) is 5.14. The number of amides is 1. The highest BCUT2D eigenvalue weighted by molar-refractivity contribution is 6.30. The maximum atomic E-state index is 12.2. The fourth-order valence-corrected chi connectivity index (χ4v) is 2.26. The van der Waals surface area contributed by atoms with E-state index in [4.69, 9.17) is 11.6 Å². The van der Waals surface area contributed by atoms with Crippen LogP contribution in [-0.4, -0.2) is 29.9 Å². The van der Waals surface area contributed by atoms with Crippen LogP contribution in [0.3, 0.4) is 0 Å². The lowest BCUT2D eigenvalue weighted by Gasteiger charge is -2.23. The average molecular weight is 283 g/mol. The highest BCUT2D eigenvalue weighted by Crippen LogP contribution is 2.13. The van der Waals surface area contributed by atoms with Crippen molar-refractivity contribution in [3.63, 3.8) is 0 Å². The second kappa shape index (κ2) is 8.18. The molecule has 106 valence electrons. The Labute approximate surface area is 120 Å². The lowest BCUT2D eigenvalue weighted by Crippen LogP contribution is -2.36. The lowest BCUT2D eigenvalue weighted by atomic mass is 10.1. The highest BCUT2D eigenvalue weighted by Gasteiger charge is 2.15. The molecule has 1 amide bonds. The van der Waals surface area contributed by atoms with Gasteiger partial charge in [0.2, 0.25) is 5.91 Å². The highest BCUT2D eigenvalue weighted by atomic mass is 35.5. The normalized spacial score (nSPS) is 12.2. The van der Waals surface area contributed by atoms with Crippen LogP contribution in [0, 0.1) is 0 Å². The number of nitrogens with one attached hydrogen (secondary N) is 1.